The van der Waals surface area contributed by atoms with E-state index in [1.807, 2.05) is 75.4 Å². The number of rotatable bonds is 8. The molecule has 246 valence electrons. The zero-order valence-corrected chi connectivity index (χ0v) is 27.8. The van der Waals surface area contributed by atoms with Crippen molar-refractivity contribution in [3.05, 3.63) is 93.7 Å². The molecule has 11 nitrogen and oxygen atoms in total. The molecule has 0 aliphatic carbocycles. The van der Waals surface area contributed by atoms with Gasteiger partial charge in [0, 0.05) is 49.4 Å². The summed E-state index contributed by atoms with van der Waals surface area (Å²) in [6.07, 6.45) is 3.66. The number of aryl methyl sites for hydroxylation is 1. The number of aliphatic hydroxyl groups is 1. The van der Waals surface area contributed by atoms with Crippen molar-refractivity contribution < 1.29 is 19.1 Å². The van der Waals surface area contributed by atoms with Crippen molar-refractivity contribution in [1.29, 1.82) is 0 Å². The van der Waals surface area contributed by atoms with Crippen molar-refractivity contribution in [2.24, 2.45) is 7.05 Å². The molecule has 3 aromatic heterocycles. The van der Waals surface area contributed by atoms with Crippen LogP contribution in [-0.2, 0) is 31.4 Å². The van der Waals surface area contributed by atoms with E-state index >= 15 is 0 Å². The van der Waals surface area contributed by atoms with Gasteiger partial charge in [0.05, 0.1) is 30.4 Å². The molecular weight excluding hydrogens is 620 g/mol. The van der Waals surface area contributed by atoms with E-state index in [9.17, 15) is 14.7 Å². The van der Waals surface area contributed by atoms with E-state index in [4.69, 9.17) is 20.8 Å². The summed E-state index contributed by atoms with van der Waals surface area (Å²) in [5.41, 5.74) is 3.19. The minimum absolute atomic E-state index is 0.131. The number of likely N-dealkylation sites (tertiary alicyclic amines) is 1. The Bertz CT molecular complexity index is 1930. The van der Waals surface area contributed by atoms with Crippen LogP contribution < -0.4 is 10.9 Å². The summed E-state index contributed by atoms with van der Waals surface area (Å²) in [5.74, 6) is 0.770. The predicted molar refractivity (Wildman–Crippen MR) is 180 cm³/mol. The number of hydrogen-bond acceptors (Lipinski definition) is 8. The van der Waals surface area contributed by atoms with Crippen LogP contribution in [0.15, 0.2) is 76.4 Å². The Kier molecular flexibility index (Phi) is 8.97. The van der Waals surface area contributed by atoms with Gasteiger partial charge in [-0.2, -0.15) is 5.10 Å². The molecule has 12 heteroatoms. The fourth-order valence-corrected chi connectivity index (χ4v) is 6.16. The highest BCUT2D eigenvalue weighted by Crippen LogP contribution is 2.30. The number of nitrogens with one attached hydrogen (secondary N) is 1. The van der Waals surface area contributed by atoms with Crippen molar-refractivity contribution in [2.75, 3.05) is 13.1 Å². The van der Waals surface area contributed by atoms with Crippen molar-refractivity contribution in [2.45, 2.75) is 64.4 Å². The van der Waals surface area contributed by atoms with Crippen molar-refractivity contribution in [1.82, 2.24) is 29.5 Å². The van der Waals surface area contributed by atoms with Gasteiger partial charge in [-0.15, -0.1) is 0 Å². The lowest BCUT2D eigenvalue weighted by Gasteiger charge is -2.38. The van der Waals surface area contributed by atoms with Gasteiger partial charge >= 0.3 is 6.09 Å². The zero-order chi connectivity index (χ0) is 33.3. The molecule has 2 N–H and O–H groups in total. The maximum Gasteiger partial charge on any atom is 0.407 e. The lowest BCUT2D eigenvalue weighted by Crippen LogP contribution is -2.47. The number of fused-ring (bicyclic) bond motifs is 1. The molecule has 0 atom stereocenters. The number of amides is 1. The van der Waals surface area contributed by atoms with Crippen molar-refractivity contribution >= 4 is 28.7 Å². The van der Waals surface area contributed by atoms with Crippen LogP contribution in [0.2, 0.25) is 5.02 Å². The lowest BCUT2D eigenvalue weighted by molar-refractivity contribution is -0.0364. The second-order valence-electron chi connectivity index (χ2n) is 13.2. The first-order chi connectivity index (χ1) is 22.4. The van der Waals surface area contributed by atoms with Gasteiger partial charge in [-0.3, -0.25) is 18.9 Å². The van der Waals surface area contributed by atoms with Gasteiger partial charge in [-0.1, -0.05) is 48.0 Å². The number of ether oxygens (including phenoxy) is 1. The second-order valence-corrected chi connectivity index (χ2v) is 13.6. The smallest absolute Gasteiger partial charge is 0.407 e. The molecule has 0 saturated carbocycles. The first-order valence-corrected chi connectivity index (χ1v) is 16.0. The van der Waals surface area contributed by atoms with Crippen LogP contribution in [0.5, 0.6) is 0 Å². The van der Waals surface area contributed by atoms with Gasteiger partial charge in [-0.05, 0) is 62.9 Å². The fourth-order valence-electron chi connectivity index (χ4n) is 5.92. The van der Waals surface area contributed by atoms with Crippen LogP contribution >= 0.6 is 11.6 Å². The van der Waals surface area contributed by atoms with Crippen LogP contribution in [0.25, 0.3) is 33.6 Å². The van der Waals surface area contributed by atoms with Gasteiger partial charge < -0.3 is 19.6 Å². The monoisotopic (exact) mass is 658 g/mol. The summed E-state index contributed by atoms with van der Waals surface area (Å²) < 4.78 is 13.9. The van der Waals surface area contributed by atoms with E-state index in [-0.39, 0.29) is 17.6 Å². The van der Waals surface area contributed by atoms with Gasteiger partial charge in [0.2, 0.25) is 0 Å². The highest BCUT2D eigenvalue weighted by molar-refractivity contribution is 6.31. The minimum atomic E-state index is -1.05. The van der Waals surface area contributed by atoms with Gasteiger partial charge in [0.15, 0.2) is 5.52 Å². The van der Waals surface area contributed by atoms with Crippen LogP contribution in [0, 0.1) is 0 Å². The third-order valence-electron chi connectivity index (χ3n) is 8.38. The fraction of sp³-hybridized carbons (Fsp3) is 0.371. The summed E-state index contributed by atoms with van der Waals surface area (Å²) >= 11 is 6.61. The highest BCUT2D eigenvalue weighted by Gasteiger charge is 2.33. The molecule has 0 unspecified atom stereocenters. The Morgan fingerprint density at radius 3 is 2.47 bits per heavy atom. The lowest BCUT2D eigenvalue weighted by atomic mass is 9.91. The van der Waals surface area contributed by atoms with E-state index in [1.54, 1.807) is 18.0 Å². The van der Waals surface area contributed by atoms with E-state index in [0.717, 1.165) is 28.0 Å². The van der Waals surface area contributed by atoms with E-state index < -0.39 is 17.3 Å². The number of carbonyl (C=O) groups excluding carboxylic acids is 1. The predicted octanol–water partition coefficient (Wildman–Crippen LogP) is 5.76. The van der Waals surface area contributed by atoms with Gasteiger partial charge in [-0.25, -0.2) is 9.78 Å². The molecule has 4 heterocycles. The first kappa shape index (κ1) is 32.5. The molecule has 0 bridgehead atoms. The molecule has 1 aliphatic heterocycles. The third-order valence-corrected chi connectivity index (χ3v) is 8.73. The van der Waals surface area contributed by atoms with Crippen LogP contribution in [0.4, 0.5) is 4.79 Å². The van der Waals surface area contributed by atoms with Gasteiger partial charge in [0.25, 0.3) is 5.56 Å². The second kappa shape index (κ2) is 13.0. The molecule has 1 fully saturated rings. The summed E-state index contributed by atoms with van der Waals surface area (Å²) in [6.45, 7) is 7.89. The van der Waals surface area contributed by atoms with Crippen LogP contribution in [0.1, 0.15) is 44.7 Å². The standard InChI is InChI=1S/C35H39ClN6O5/c1-34(2,3)47-33(44)37-19-23-7-9-24(10-8-23)31-29-30(39-40(31)4)32(43)42(22-38-29)21-35(45)13-15-41(16-14-35)20-26-12-11-25(18-27(26)36)28-6-5-17-46-28/h5-12,17-18,22,45H,13-16,19-21H2,1-4H3,(H,37,44). The zero-order valence-electron chi connectivity index (χ0n) is 27.0. The number of hydrogen-bond donors (Lipinski definition) is 2. The number of aromatic nitrogens is 4. The largest absolute Gasteiger partial charge is 0.464 e. The molecule has 0 radical (unpaired) electrons. The number of piperidine rings is 1. The quantitative estimate of drug-likeness (QED) is 0.215. The van der Waals surface area contributed by atoms with Crippen molar-refractivity contribution in [3.8, 4) is 22.6 Å². The Morgan fingerprint density at radius 1 is 1.09 bits per heavy atom. The molecule has 47 heavy (non-hydrogen) atoms. The first-order valence-electron chi connectivity index (χ1n) is 15.6. The summed E-state index contributed by atoms with van der Waals surface area (Å²) in [6, 6.07) is 17.3. The number of furan rings is 1. The molecule has 1 amide bonds. The Hall–Kier alpha value is -4.45. The third kappa shape index (κ3) is 7.43. The molecule has 6 rings (SSSR count). The average molecular weight is 659 g/mol. The Morgan fingerprint density at radius 2 is 1.81 bits per heavy atom. The van der Waals surface area contributed by atoms with E-state index in [0.29, 0.717) is 55.3 Å². The number of alkyl carbamates (subject to hydrolysis) is 1. The number of nitrogens with zero attached hydrogens (tertiary/aromatic N) is 5. The maximum absolute atomic E-state index is 13.6. The van der Waals surface area contributed by atoms with Gasteiger partial charge in [0.1, 0.15) is 16.9 Å². The minimum Gasteiger partial charge on any atom is -0.464 e. The van der Waals surface area contributed by atoms with Crippen molar-refractivity contribution in [3.63, 3.8) is 0 Å². The van der Waals surface area contributed by atoms with Crippen LogP contribution in [0.3, 0.4) is 0 Å². The Labute approximate surface area is 277 Å². The number of benzene rings is 2. The highest BCUT2D eigenvalue weighted by atomic mass is 35.5. The summed E-state index contributed by atoms with van der Waals surface area (Å²) in [7, 11) is 1.78. The molecule has 1 saturated heterocycles. The average Bonchev–Trinajstić information content (AvgIpc) is 3.68. The maximum atomic E-state index is 13.6. The summed E-state index contributed by atoms with van der Waals surface area (Å²) in [4.78, 5) is 32.4. The van der Waals surface area contributed by atoms with Crippen LogP contribution in [-0.4, -0.2) is 59.7 Å². The SMILES string of the molecule is Cn1nc2c(=O)n(CC3(O)CCN(Cc4ccc(-c5ccco5)cc4Cl)CC3)cnc2c1-c1ccc(CNC(=O)OC(C)(C)C)cc1. The molecular formula is C35H39ClN6O5. The summed E-state index contributed by atoms with van der Waals surface area (Å²) in [5, 5.41) is 19.4. The molecule has 0 spiro atoms. The molecule has 5 aromatic rings. The molecule has 1 aliphatic rings. The Balaban J connectivity index is 1.10. The molecule has 2 aromatic carbocycles. The topological polar surface area (TPSA) is 128 Å². The van der Waals surface area contributed by atoms with E-state index in [1.165, 1.54) is 10.9 Å². The normalized spacial score (nSPS) is 15.2. The van der Waals surface area contributed by atoms with E-state index in [2.05, 4.69) is 20.3 Å². The number of halogens is 1. The number of carbonyl (C=O) groups is 1.